The van der Waals surface area contributed by atoms with Crippen molar-refractivity contribution in [3.05, 3.63) is 93.1 Å². The molecule has 0 radical (unpaired) electrons. The van der Waals surface area contributed by atoms with E-state index in [0.29, 0.717) is 22.7 Å². The summed E-state index contributed by atoms with van der Waals surface area (Å²) in [6.45, 7) is 0. The van der Waals surface area contributed by atoms with Gasteiger partial charge in [0.2, 0.25) is 0 Å². The van der Waals surface area contributed by atoms with Crippen molar-refractivity contribution >= 4 is 34.0 Å². The summed E-state index contributed by atoms with van der Waals surface area (Å²) in [5.74, 6) is -0.165. The van der Waals surface area contributed by atoms with Crippen LogP contribution in [0.4, 0.5) is 27.6 Å². The van der Waals surface area contributed by atoms with Crippen LogP contribution in [0, 0.1) is 3.57 Å². The van der Waals surface area contributed by atoms with Crippen molar-refractivity contribution in [2.75, 3.05) is 19.1 Å². The first kappa shape index (κ1) is 23.9. The number of anilines is 1. The van der Waals surface area contributed by atoms with Gasteiger partial charge in [-0.05, 0) is 88.3 Å². The van der Waals surface area contributed by atoms with Gasteiger partial charge in [-0.15, -0.1) is 0 Å². The quantitative estimate of drug-likeness (QED) is 0.226. The van der Waals surface area contributed by atoms with Gasteiger partial charge >= 0.3 is 6.18 Å². The summed E-state index contributed by atoms with van der Waals surface area (Å²) in [6.07, 6.45) is -6.75. The first-order chi connectivity index (χ1) is 16.6. The smallest absolute Gasteiger partial charge is 0.401 e. The predicted molar refractivity (Wildman–Crippen MR) is 131 cm³/mol. The Balaban J connectivity index is 1.73. The maximum Gasteiger partial charge on any atom is 0.401 e. The second kappa shape index (κ2) is 8.39. The fourth-order valence-electron chi connectivity index (χ4n) is 5.35. The standard InChI is InChI=1S/C26H19F5INO2/c1-34-17-8-3-14(4-9-17)22(24(27)28)33-20-12-7-16(32)13-19(20)21-23(33)25(21,26(29,30)31)15-5-10-18(35-2)11-6-15/h3-13,21,23H,1-2H3/t21-,23+,25+/m0/s1. The van der Waals surface area contributed by atoms with Gasteiger partial charge in [-0.3, -0.25) is 0 Å². The molecule has 5 rings (SSSR count). The third kappa shape index (κ3) is 3.49. The van der Waals surface area contributed by atoms with Crippen LogP contribution in [0.5, 0.6) is 11.5 Å². The zero-order chi connectivity index (χ0) is 25.1. The summed E-state index contributed by atoms with van der Waals surface area (Å²) in [5, 5.41) is 0. The van der Waals surface area contributed by atoms with E-state index in [1.54, 1.807) is 18.2 Å². The highest BCUT2D eigenvalue weighted by molar-refractivity contribution is 14.1. The molecule has 3 aromatic carbocycles. The molecule has 2 aliphatic rings. The molecule has 1 aliphatic carbocycles. The van der Waals surface area contributed by atoms with Gasteiger partial charge in [0.15, 0.2) is 0 Å². The van der Waals surface area contributed by atoms with Gasteiger partial charge < -0.3 is 14.4 Å². The molecule has 3 nitrogen and oxygen atoms in total. The molecule has 0 spiro atoms. The Morgan fingerprint density at radius 1 is 0.886 bits per heavy atom. The Hall–Kier alpha value is -2.82. The number of hydrogen-bond donors (Lipinski definition) is 0. The van der Waals surface area contributed by atoms with Crippen molar-refractivity contribution in [2.45, 2.75) is 23.6 Å². The van der Waals surface area contributed by atoms with Crippen LogP contribution in [0.15, 0.2) is 72.8 Å². The van der Waals surface area contributed by atoms with E-state index >= 15 is 0 Å². The molecule has 1 aliphatic heterocycles. The number of rotatable bonds is 5. The Bertz CT molecular complexity index is 1300. The first-order valence-electron chi connectivity index (χ1n) is 10.6. The summed E-state index contributed by atoms with van der Waals surface area (Å²) in [4.78, 5) is 1.17. The van der Waals surface area contributed by atoms with Gasteiger partial charge in [0.1, 0.15) is 22.6 Å². The minimum atomic E-state index is -4.69. The highest BCUT2D eigenvalue weighted by atomic mass is 127. The first-order valence-corrected chi connectivity index (χ1v) is 11.7. The van der Waals surface area contributed by atoms with Gasteiger partial charge in [0.25, 0.3) is 6.08 Å². The lowest BCUT2D eigenvalue weighted by molar-refractivity contribution is -0.163. The Labute approximate surface area is 212 Å². The van der Waals surface area contributed by atoms with E-state index in [9.17, 15) is 22.0 Å². The van der Waals surface area contributed by atoms with Crippen molar-refractivity contribution in [3.8, 4) is 11.5 Å². The predicted octanol–water partition coefficient (Wildman–Crippen LogP) is 7.36. The second-order valence-corrected chi connectivity index (χ2v) is 9.67. The van der Waals surface area contributed by atoms with Crippen molar-refractivity contribution in [3.63, 3.8) is 0 Å². The number of ether oxygens (including phenoxy) is 2. The molecule has 0 unspecified atom stereocenters. The van der Waals surface area contributed by atoms with Crippen molar-refractivity contribution < 1.29 is 31.4 Å². The minimum Gasteiger partial charge on any atom is -0.497 e. The number of halogens is 6. The molecule has 9 heteroatoms. The molecular weight excluding hydrogens is 580 g/mol. The molecule has 0 amide bonds. The van der Waals surface area contributed by atoms with Crippen LogP contribution >= 0.6 is 22.6 Å². The van der Waals surface area contributed by atoms with Crippen molar-refractivity contribution in [1.29, 1.82) is 0 Å². The van der Waals surface area contributed by atoms with Crippen LogP contribution in [0.25, 0.3) is 5.70 Å². The molecule has 1 saturated carbocycles. The van der Waals surface area contributed by atoms with Crippen LogP contribution in [0.2, 0.25) is 0 Å². The number of alkyl halides is 3. The number of fused-ring (bicyclic) bond motifs is 3. The summed E-state index contributed by atoms with van der Waals surface area (Å²) in [7, 11) is 2.87. The third-order valence-corrected chi connectivity index (χ3v) is 7.52. The lowest BCUT2D eigenvalue weighted by Gasteiger charge is -2.33. The average molecular weight is 599 g/mol. The van der Waals surface area contributed by atoms with Crippen LogP contribution in [-0.4, -0.2) is 26.4 Å². The molecule has 182 valence electrons. The van der Waals surface area contributed by atoms with E-state index in [-0.39, 0.29) is 11.1 Å². The minimum absolute atomic E-state index is 0.0173. The van der Waals surface area contributed by atoms with Crippen LogP contribution < -0.4 is 14.4 Å². The lowest BCUT2D eigenvalue weighted by atomic mass is 9.87. The van der Waals surface area contributed by atoms with E-state index < -0.39 is 35.3 Å². The highest BCUT2D eigenvalue weighted by Gasteiger charge is 2.83. The Morgan fingerprint density at radius 2 is 1.46 bits per heavy atom. The normalized spacial score (nSPS) is 22.3. The van der Waals surface area contributed by atoms with Crippen LogP contribution in [-0.2, 0) is 5.41 Å². The molecule has 3 atom stereocenters. The zero-order valence-electron chi connectivity index (χ0n) is 18.5. The van der Waals surface area contributed by atoms with E-state index in [1.165, 1.54) is 67.7 Å². The fourth-order valence-corrected chi connectivity index (χ4v) is 5.87. The summed E-state index contributed by atoms with van der Waals surface area (Å²) in [6, 6.07) is 15.3. The van der Waals surface area contributed by atoms with Gasteiger partial charge in [-0.1, -0.05) is 12.1 Å². The Kier molecular flexibility index (Phi) is 5.73. The molecule has 3 aromatic rings. The van der Waals surface area contributed by atoms with Gasteiger partial charge in [0.05, 0.1) is 20.3 Å². The topological polar surface area (TPSA) is 21.7 Å². The van der Waals surface area contributed by atoms with Gasteiger partial charge in [-0.2, -0.15) is 22.0 Å². The molecule has 0 saturated heterocycles. The fraction of sp³-hybridized carbons (Fsp3) is 0.231. The molecule has 0 bridgehead atoms. The SMILES string of the molecule is COc1ccc(C(=C(F)F)N2c3ccc(I)cc3[C@H]3[C@@H]2[C@]3(c2ccc(OC)cc2)C(F)(F)F)cc1. The largest absolute Gasteiger partial charge is 0.497 e. The zero-order valence-corrected chi connectivity index (χ0v) is 20.7. The highest BCUT2D eigenvalue weighted by Crippen LogP contribution is 2.75. The number of hydrogen-bond acceptors (Lipinski definition) is 3. The summed E-state index contributed by atoms with van der Waals surface area (Å²) < 4.78 is 84.9. The maximum atomic E-state index is 14.9. The third-order valence-electron chi connectivity index (χ3n) is 6.85. The van der Waals surface area contributed by atoms with Crippen molar-refractivity contribution in [1.82, 2.24) is 0 Å². The number of benzene rings is 3. The van der Waals surface area contributed by atoms with E-state index in [1.807, 2.05) is 22.6 Å². The Morgan fingerprint density at radius 3 is 1.97 bits per heavy atom. The van der Waals surface area contributed by atoms with Gasteiger partial charge in [0, 0.05) is 20.7 Å². The van der Waals surface area contributed by atoms with Crippen LogP contribution in [0.1, 0.15) is 22.6 Å². The molecular formula is C26H19F5INO2. The molecule has 0 aromatic heterocycles. The van der Waals surface area contributed by atoms with E-state index in [4.69, 9.17) is 9.47 Å². The van der Waals surface area contributed by atoms with E-state index in [2.05, 4.69) is 0 Å². The summed E-state index contributed by atoms with van der Waals surface area (Å²) >= 11 is 2.03. The summed E-state index contributed by atoms with van der Waals surface area (Å²) in [5.41, 5.74) is -2.00. The second-order valence-electron chi connectivity index (χ2n) is 8.43. The lowest BCUT2D eigenvalue weighted by Crippen LogP contribution is -2.40. The average Bonchev–Trinajstić information content (AvgIpc) is 3.44. The number of methoxy groups -OCH3 is 2. The molecule has 1 heterocycles. The monoisotopic (exact) mass is 599 g/mol. The molecule has 35 heavy (non-hydrogen) atoms. The van der Waals surface area contributed by atoms with Crippen LogP contribution in [0.3, 0.4) is 0 Å². The van der Waals surface area contributed by atoms with E-state index in [0.717, 1.165) is 3.57 Å². The maximum absolute atomic E-state index is 14.9. The molecule has 0 N–H and O–H groups in total. The van der Waals surface area contributed by atoms with Gasteiger partial charge in [-0.25, -0.2) is 0 Å². The molecule has 1 fully saturated rings. The van der Waals surface area contributed by atoms with Crippen molar-refractivity contribution in [2.24, 2.45) is 0 Å². The number of nitrogens with zero attached hydrogens (tertiary/aromatic N) is 1.